The van der Waals surface area contributed by atoms with Crippen molar-refractivity contribution >= 4 is 29.1 Å². The minimum Gasteiger partial charge on any atom is -0.482 e. The second-order valence-electron chi connectivity index (χ2n) is 6.27. The zero-order chi connectivity index (χ0) is 18.0. The monoisotopic (exact) mass is 344 g/mol. The second-order valence-corrected chi connectivity index (χ2v) is 6.27. The number of likely N-dealkylation sites (tertiary alicyclic amines) is 1. The number of carbonyl (C=O) groups is 4. The number of anilines is 1. The quantitative estimate of drug-likeness (QED) is 0.766. The summed E-state index contributed by atoms with van der Waals surface area (Å²) in [5.41, 5.74) is 1.01. The Labute approximate surface area is 145 Å². The van der Waals surface area contributed by atoms with Gasteiger partial charge in [-0.15, -0.1) is 0 Å². The first-order valence-electron chi connectivity index (χ1n) is 8.32. The molecule has 1 fully saturated rings. The normalized spacial score (nSPS) is 17.2. The van der Waals surface area contributed by atoms with Gasteiger partial charge in [0, 0.05) is 51.4 Å². The molecule has 7 heteroatoms. The van der Waals surface area contributed by atoms with Gasteiger partial charge in [0.2, 0.25) is 5.91 Å². The van der Waals surface area contributed by atoms with Crippen LogP contribution in [0.1, 0.15) is 36.0 Å². The van der Waals surface area contributed by atoms with Crippen molar-refractivity contribution in [2.24, 2.45) is 0 Å². The summed E-state index contributed by atoms with van der Waals surface area (Å²) in [5, 5.41) is 0. The predicted molar refractivity (Wildman–Crippen MR) is 89.7 cm³/mol. The van der Waals surface area contributed by atoms with Crippen molar-refractivity contribution in [3.63, 3.8) is 0 Å². The van der Waals surface area contributed by atoms with E-state index in [9.17, 15) is 19.2 Å². The summed E-state index contributed by atoms with van der Waals surface area (Å²) in [6, 6.07) is 4.94. The van der Waals surface area contributed by atoms with E-state index in [4.69, 9.17) is 4.74 Å². The molecule has 0 unspecified atom stereocenters. The van der Waals surface area contributed by atoms with Gasteiger partial charge in [-0.3, -0.25) is 19.2 Å². The number of ketones is 2. The summed E-state index contributed by atoms with van der Waals surface area (Å²) in [4.78, 5) is 50.6. The van der Waals surface area contributed by atoms with E-state index >= 15 is 0 Å². The summed E-state index contributed by atoms with van der Waals surface area (Å²) in [6.45, 7) is 0.869. The maximum atomic E-state index is 12.4. The van der Waals surface area contributed by atoms with Crippen LogP contribution in [0.25, 0.3) is 0 Å². The van der Waals surface area contributed by atoms with Crippen LogP contribution >= 0.6 is 0 Å². The number of carbonyl (C=O) groups excluding carboxylic acids is 4. The molecule has 2 aliphatic rings. The highest BCUT2D eigenvalue weighted by Crippen LogP contribution is 2.32. The fourth-order valence-corrected chi connectivity index (χ4v) is 2.97. The first kappa shape index (κ1) is 17.1. The van der Waals surface area contributed by atoms with Gasteiger partial charge >= 0.3 is 0 Å². The number of amides is 2. The van der Waals surface area contributed by atoms with Gasteiger partial charge in [0.1, 0.15) is 11.5 Å². The highest BCUT2D eigenvalue weighted by atomic mass is 16.5. The summed E-state index contributed by atoms with van der Waals surface area (Å²) in [7, 11) is 1.64. The number of rotatable bonds is 4. The molecule has 25 heavy (non-hydrogen) atoms. The van der Waals surface area contributed by atoms with Crippen molar-refractivity contribution in [2.45, 2.75) is 25.7 Å². The van der Waals surface area contributed by atoms with E-state index in [1.165, 1.54) is 4.90 Å². The Morgan fingerprint density at radius 1 is 1.12 bits per heavy atom. The third kappa shape index (κ3) is 3.70. The molecule has 7 nitrogen and oxygen atoms in total. The first-order valence-corrected chi connectivity index (χ1v) is 8.32. The lowest BCUT2D eigenvalue weighted by molar-refractivity contribution is -0.134. The molecule has 3 rings (SSSR count). The molecule has 0 saturated carbocycles. The summed E-state index contributed by atoms with van der Waals surface area (Å²) in [6.07, 6.45) is 1.01. The minimum atomic E-state index is -0.174. The molecule has 2 aliphatic heterocycles. The Bertz CT molecular complexity index is 733. The third-order valence-electron chi connectivity index (χ3n) is 4.61. The Hall–Kier alpha value is -2.70. The van der Waals surface area contributed by atoms with Crippen LogP contribution in [0, 0.1) is 0 Å². The number of hydrogen-bond donors (Lipinski definition) is 0. The minimum absolute atomic E-state index is 0.0103. The molecule has 1 aromatic carbocycles. The van der Waals surface area contributed by atoms with Crippen LogP contribution in [-0.4, -0.2) is 55.0 Å². The molecular weight excluding hydrogens is 324 g/mol. The average Bonchev–Trinajstić information content (AvgIpc) is 2.63. The molecule has 0 atom stereocenters. The largest absolute Gasteiger partial charge is 0.482 e. The molecule has 0 N–H and O–H groups in total. The summed E-state index contributed by atoms with van der Waals surface area (Å²) < 4.78 is 5.34. The van der Waals surface area contributed by atoms with Gasteiger partial charge in [-0.05, 0) is 18.2 Å². The molecule has 0 radical (unpaired) electrons. The van der Waals surface area contributed by atoms with Gasteiger partial charge in [0.05, 0.1) is 5.69 Å². The third-order valence-corrected chi connectivity index (χ3v) is 4.61. The van der Waals surface area contributed by atoms with Crippen LogP contribution in [0.5, 0.6) is 5.75 Å². The smallest absolute Gasteiger partial charge is 0.264 e. The summed E-state index contributed by atoms with van der Waals surface area (Å²) >= 11 is 0. The van der Waals surface area contributed by atoms with Gasteiger partial charge in [0.15, 0.2) is 12.4 Å². The number of piperidine rings is 1. The van der Waals surface area contributed by atoms with E-state index in [0.717, 1.165) is 0 Å². The van der Waals surface area contributed by atoms with Gasteiger partial charge < -0.3 is 14.5 Å². The highest BCUT2D eigenvalue weighted by Gasteiger charge is 2.24. The van der Waals surface area contributed by atoms with Crippen molar-refractivity contribution in [1.29, 1.82) is 0 Å². The zero-order valence-electron chi connectivity index (χ0n) is 14.1. The van der Waals surface area contributed by atoms with Crippen LogP contribution in [0.3, 0.4) is 0 Å². The van der Waals surface area contributed by atoms with Crippen molar-refractivity contribution in [3.05, 3.63) is 23.8 Å². The predicted octanol–water partition coefficient (Wildman–Crippen LogP) is 1.20. The highest BCUT2D eigenvalue weighted by molar-refractivity contribution is 6.02. The van der Waals surface area contributed by atoms with Crippen LogP contribution in [0.15, 0.2) is 18.2 Å². The number of ether oxygens (including phenoxy) is 1. The molecule has 1 aromatic rings. The molecule has 0 aromatic heterocycles. The first-order chi connectivity index (χ1) is 12.0. The van der Waals surface area contributed by atoms with Gasteiger partial charge in [-0.25, -0.2) is 0 Å². The molecule has 132 valence electrons. The SMILES string of the molecule is CN1C(=O)COc2ccc(C(=O)CCC(=O)N3CCC(=O)CC3)cc21. The van der Waals surface area contributed by atoms with Crippen molar-refractivity contribution in [1.82, 2.24) is 4.90 Å². The Balaban J connectivity index is 1.61. The van der Waals surface area contributed by atoms with Crippen molar-refractivity contribution in [2.75, 3.05) is 31.6 Å². The van der Waals surface area contributed by atoms with E-state index in [0.29, 0.717) is 42.9 Å². The van der Waals surface area contributed by atoms with E-state index in [-0.39, 0.29) is 42.8 Å². The Morgan fingerprint density at radius 3 is 2.56 bits per heavy atom. The number of nitrogens with zero attached hydrogens (tertiary/aromatic N) is 2. The molecule has 2 heterocycles. The lowest BCUT2D eigenvalue weighted by Gasteiger charge is -2.26. The fraction of sp³-hybridized carbons (Fsp3) is 0.444. The molecule has 0 bridgehead atoms. The van der Waals surface area contributed by atoms with Gasteiger partial charge in [0.25, 0.3) is 5.91 Å². The van der Waals surface area contributed by atoms with Crippen molar-refractivity contribution < 1.29 is 23.9 Å². The Kier molecular flexibility index (Phi) is 4.83. The van der Waals surface area contributed by atoms with Crippen LogP contribution in [0.2, 0.25) is 0 Å². The van der Waals surface area contributed by atoms with Crippen LogP contribution in [-0.2, 0) is 14.4 Å². The van der Waals surface area contributed by atoms with Crippen molar-refractivity contribution in [3.8, 4) is 5.75 Å². The molecule has 2 amide bonds. The van der Waals surface area contributed by atoms with E-state index in [2.05, 4.69) is 0 Å². The number of benzene rings is 1. The second kappa shape index (κ2) is 7.04. The van der Waals surface area contributed by atoms with E-state index in [1.54, 1.807) is 30.1 Å². The fourth-order valence-electron chi connectivity index (χ4n) is 2.97. The van der Waals surface area contributed by atoms with Crippen LogP contribution < -0.4 is 9.64 Å². The lowest BCUT2D eigenvalue weighted by Crippen LogP contribution is -2.38. The number of fused-ring (bicyclic) bond motifs is 1. The average molecular weight is 344 g/mol. The van der Waals surface area contributed by atoms with Crippen LogP contribution in [0.4, 0.5) is 5.69 Å². The maximum absolute atomic E-state index is 12.4. The molecular formula is C18H20N2O5. The zero-order valence-corrected chi connectivity index (χ0v) is 14.1. The summed E-state index contributed by atoms with van der Waals surface area (Å²) in [5.74, 6) is 0.305. The molecule has 1 saturated heterocycles. The lowest BCUT2D eigenvalue weighted by atomic mass is 10.0. The molecule has 0 spiro atoms. The number of hydrogen-bond acceptors (Lipinski definition) is 5. The number of Topliss-reactive ketones (excluding diaryl/α,β-unsaturated/α-hetero) is 2. The standard InChI is InChI=1S/C18H20N2O5/c1-19-14-10-12(2-4-16(14)25-11-18(19)24)15(22)3-5-17(23)20-8-6-13(21)7-9-20/h2,4,10H,3,5-9,11H2,1H3. The molecule has 0 aliphatic carbocycles. The maximum Gasteiger partial charge on any atom is 0.264 e. The van der Waals surface area contributed by atoms with E-state index < -0.39 is 0 Å². The number of likely N-dealkylation sites (N-methyl/N-ethyl adjacent to an activating group) is 1. The van der Waals surface area contributed by atoms with Gasteiger partial charge in [-0.2, -0.15) is 0 Å². The topological polar surface area (TPSA) is 84.0 Å². The van der Waals surface area contributed by atoms with Gasteiger partial charge in [-0.1, -0.05) is 0 Å². The Morgan fingerprint density at radius 2 is 1.84 bits per heavy atom. The van der Waals surface area contributed by atoms with E-state index in [1.807, 2.05) is 0 Å².